The van der Waals surface area contributed by atoms with Gasteiger partial charge in [0.2, 0.25) is 5.75 Å². The molecule has 178 valence electrons. The fourth-order valence-electron chi connectivity index (χ4n) is 2.78. The minimum atomic E-state index is -2.88. The molecule has 0 spiro atoms. The molecule has 0 radical (unpaired) electrons. The number of hydrogen-bond acceptors (Lipinski definition) is 7. The standard InChI is InChI=1S/C23H25F2NO7/c1-29-18-12-16(13-19(30-2)22(18)31-3)6-9-21(28)32-14-20(27)26-11-10-15-4-7-17(8-5-15)33-23(24)25/h4-9,12-13,23H,10-11,14H2,1-3H3,(H,26,27)/b9-6+. The Balaban J connectivity index is 1.78. The number of ether oxygens (including phenoxy) is 5. The average molecular weight is 465 g/mol. The number of alkyl halides is 2. The molecule has 0 unspecified atom stereocenters. The van der Waals surface area contributed by atoms with Crippen LogP contribution in [0.25, 0.3) is 6.08 Å². The van der Waals surface area contributed by atoms with Gasteiger partial charge in [-0.3, -0.25) is 4.79 Å². The van der Waals surface area contributed by atoms with Crippen molar-refractivity contribution in [3.63, 3.8) is 0 Å². The summed E-state index contributed by atoms with van der Waals surface area (Å²) in [6.45, 7) is -3.04. The van der Waals surface area contributed by atoms with Crippen molar-refractivity contribution < 1.29 is 42.1 Å². The summed E-state index contributed by atoms with van der Waals surface area (Å²) in [4.78, 5) is 23.8. The van der Waals surface area contributed by atoms with Crippen molar-refractivity contribution in [2.45, 2.75) is 13.0 Å². The maximum atomic E-state index is 12.1. The van der Waals surface area contributed by atoms with Gasteiger partial charge < -0.3 is 29.0 Å². The Bertz CT molecular complexity index is 937. The second-order valence-corrected chi connectivity index (χ2v) is 6.52. The van der Waals surface area contributed by atoms with Crippen LogP contribution in [0.15, 0.2) is 42.5 Å². The molecule has 2 rings (SSSR count). The fourth-order valence-corrected chi connectivity index (χ4v) is 2.78. The van der Waals surface area contributed by atoms with Gasteiger partial charge in [-0.25, -0.2) is 4.79 Å². The lowest BCUT2D eigenvalue weighted by molar-refractivity contribution is -0.143. The molecule has 2 aromatic rings. The second kappa shape index (κ2) is 12.9. The van der Waals surface area contributed by atoms with Crippen molar-refractivity contribution in [3.05, 3.63) is 53.6 Å². The number of rotatable bonds is 12. The maximum Gasteiger partial charge on any atom is 0.387 e. The Morgan fingerprint density at radius 2 is 1.64 bits per heavy atom. The van der Waals surface area contributed by atoms with Gasteiger partial charge in [-0.15, -0.1) is 0 Å². The highest BCUT2D eigenvalue weighted by molar-refractivity contribution is 5.89. The van der Waals surface area contributed by atoms with Crippen molar-refractivity contribution in [1.29, 1.82) is 0 Å². The third-order valence-corrected chi connectivity index (χ3v) is 4.33. The molecule has 1 N–H and O–H groups in total. The largest absolute Gasteiger partial charge is 0.493 e. The Morgan fingerprint density at radius 3 is 2.18 bits per heavy atom. The summed E-state index contributed by atoms with van der Waals surface area (Å²) in [6.07, 6.45) is 3.14. The molecular weight excluding hydrogens is 440 g/mol. The molecule has 10 heteroatoms. The third-order valence-electron chi connectivity index (χ3n) is 4.33. The zero-order chi connectivity index (χ0) is 24.2. The van der Waals surface area contributed by atoms with Crippen LogP contribution in [0.4, 0.5) is 8.78 Å². The first-order valence-electron chi connectivity index (χ1n) is 9.81. The van der Waals surface area contributed by atoms with Crippen molar-refractivity contribution in [1.82, 2.24) is 5.32 Å². The molecule has 8 nitrogen and oxygen atoms in total. The van der Waals surface area contributed by atoms with Gasteiger partial charge in [-0.2, -0.15) is 8.78 Å². The van der Waals surface area contributed by atoms with Gasteiger partial charge in [0, 0.05) is 12.6 Å². The first-order chi connectivity index (χ1) is 15.9. The first kappa shape index (κ1) is 25.4. The number of hydrogen-bond donors (Lipinski definition) is 1. The predicted molar refractivity (Wildman–Crippen MR) is 116 cm³/mol. The Hall–Kier alpha value is -3.82. The van der Waals surface area contributed by atoms with E-state index in [4.69, 9.17) is 18.9 Å². The molecule has 0 aliphatic rings. The highest BCUT2D eigenvalue weighted by Gasteiger charge is 2.12. The smallest absolute Gasteiger partial charge is 0.387 e. The van der Waals surface area contributed by atoms with Crippen molar-refractivity contribution in [2.75, 3.05) is 34.5 Å². The molecule has 0 bridgehead atoms. The molecule has 0 aromatic heterocycles. The number of benzene rings is 2. The average Bonchev–Trinajstić information content (AvgIpc) is 2.81. The van der Waals surface area contributed by atoms with Gasteiger partial charge in [0.05, 0.1) is 21.3 Å². The molecule has 0 atom stereocenters. The zero-order valence-corrected chi connectivity index (χ0v) is 18.4. The van der Waals surface area contributed by atoms with Crippen LogP contribution in [0.1, 0.15) is 11.1 Å². The van der Waals surface area contributed by atoms with Crippen molar-refractivity contribution in [3.8, 4) is 23.0 Å². The van der Waals surface area contributed by atoms with Gasteiger partial charge in [0.1, 0.15) is 5.75 Å². The Labute approximate surface area is 190 Å². The van der Waals surface area contributed by atoms with E-state index in [-0.39, 0.29) is 12.3 Å². The summed E-state index contributed by atoms with van der Waals surface area (Å²) < 4.78 is 49.2. The number of methoxy groups -OCH3 is 3. The van der Waals surface area contributed by atoms with Gasteiger partial charge in [-0.05, 0) is 47.9 Å². The minimum Gasteiger partial charge on any atom is -0.493 e. The summed E-state index contributed by atoms with van der Waals surface area (Å²) in [5.41, 5.74) is 1.43. The van der Waals surface area contributed by atoms with Crippen LogP contribution >= 0.6 is 0 Å². The Kier molecular flexibility index (Phi) is 9.94. The van der Waals surface area contributed by atoms with Crippen LogP contribution in [0.5, 0.6) is 23.0 Å². The SMILES string of the molecule is COc1cc(/C=C/C(=O)OCC(=O)NCCc2ccc(OC(F)F)cc2)cc(OC)c1OC. The van der Waals surface area contributed by atoms with E-state index >= 15 is 0 Å². The normalized spacial score (nSPS) is 10.7. The monoisotopic (exact) mass is 465 g/mol. The predicted octanol–water partition coefficient (Wildman–Crippen LogP) is 3.23. The lowest BCUT2D eigenvalue weighted by atomic mass is 10.1. The zero-order valence-electron chi connectivity index (χ0n) is 18.4. The molecule has 1 amide bonds. The van der Waals surface area contributed by atoms with E-state index in [0.29, 0.717) is 29.2 Å². The molecule has 0 heterocycles. The first-order valence-corrected chi connectivity index (χ1v) is 9.81. The third kappa shape index (κ3) is 8.32. The van der Waals surface area contributed by atoms with E-state index in [1.54, 1.807) is 24.3 Å². The topological polar surface area (TPSA) is 92.3 Å². The molecule has 0 fully saturated rings. The summed E-state index contributed by atoms with van der Waals surface area (Å²) in [5, 5.41) is 2.61. The molecule has 33 heavy (non-hydrogen) atoms. The lowest BCUT2D eigenvalue weighted by Gasteiger charge is -2.12. The molecule has 2 aromatic carbocycles. The van der Waals surface area contributed by atoms with E-state index in [1.807, 2.05) is 0 Å². The van der Waals surface area contributed by atoms with E-state index in [2.05, 4.69) is 10.1 Å². The van der Waals surface area contributed by atoms with E-state index in [0.717, 1.165) is 5.56 Å². The number of esters is 1. The molecule has 0 aliphatic carbocycles. The van der Waals surface area contributed by atoms with Gasteiger partial charge in [0.15, 0.2) is 18.1 Å². The van der Waals surface area contributed by atoms with Crippen LogP contribution in [0, 0.1) is 0 Å². The number of amides is 1. The molecular formula is C23H25F2NO7. The van der Waals surface area contributed by atoms with Crippen molar-refractivity contribution in [2.24, 2.45) is 0 Å². The molecule has 0 aliphatic heterocycles. The highest BCUT2D eigenvalue weighted by atomic mass is 19.3. The van der Waals surface area contributed by atoms with Gasteiger partial charge in [-0.1, -0.05) is 12.1 Å². The summed E-state index contributed by atoms with van der Waals surface area (Å²) in [7, 11) is 4.45. The van der Waals surface area contributed by atoms with Crippen LogP contribution in [0.3, 0.4) is 0 Å². The summed E-state index contributed by atoms with van der Waals surface area (Å²) in [5.74, 6) is 0.176. The van der Waals surface area contributed by atoms with E-state index in [9.17, 15) is 18.4 Å². The maximum absolute atomic E-state index is 12.1. The lowest BCUT2D eigenvalue weighted by Crippen LogP contribution is -2.30. The number of carbonyl (C=O) groups excluding carboxylic acids is 2. The number of nitrogens with one attached hydrogen (secondary N) is 1. The highest BCUT2D eigenvalue weighted by Crippen LogP contribution is 2.38. The van der Waals surface area contributed by atoms with Crippen molar-refractivity contribution >= 4 is 18.0 Å². The quantitative estimate of drug-likeness (QED) is 0.380. The Morgan fingerprint density at radius 1 is 1.00 bits per heavy atom. The number of carbonyl (C=O) groups is 2. The van der Waals surface area contributed by atoms with Crippen LogP contribution < -0.4 is 24.3 Å². The molecule has 0 saturated heterocycles. The van der Waals surface area contributed by atoms with Crippen LogP contribution in [-0.2, 0) is 20.7 Å². The van der Waals surface area contributed by atoms with Gasteiger partial charge in [0.25, 0.3) is 5.91 Å². The second-order valence-electron chi connectivity index (χ2n) is 6.52. The fraction of sp³-hybridized carbons (Fsp3) is 0.304. The van der Waals surface area contributed by atoms with Gasteiger partial charge >= 0.3 is 12.6 Å². The summed E-state index contributed by atoms with van der Waals surface area (Å²) in [6, 6.07) is 9.40. The van der Waals surface area contributed by atoms with Crippen LogP contribution in [-0.4, -0.2) is 53.0 Å². The molecule has 0 saturated carbocycles. The van der Waals surface area contributed by atoms with E-state index in [1.165, 1.54) is 45.6 Å². The van der Waals surface area contributed by atoms with E-state index < -0.39 is 25.1 Å². The minimum absolute atomic E-state index is 0.0595. The summed E-state index contributed by atoms with van der Waals surface area (Å²) >= 11 is 0. The number of halogens is 2. The van der Waals surface area contributed by atoms with Crippen LogP contribution in [0.2, 0.25) is 0 Å².